The van der Waals surface area contributed by atoms with E-state index in [1.165, 1.54) is 6.42 Å². The van der Waals surface area contributed by atoms with Crippen molar-refractivity contribution in [1.29, 1.82) is 0 Å². The van der Waals surface area contributed by atoms with Gasteiger partial charge in [0, 0.05) is 24.9 Å². The summed E-state index contributed by atoms with van der Waals surface area (Å²) in [5, 5.41) is 0. The largest absolute Gasteiger partial charge is 0.444 e. The van der Waals surface area contributed by atoms with Crippen LogP contribution in [0.15, 0.2) is 0 Å². The summed E-state index contributed by atoms with van der Waals surface area (Å²) in [5.41, 5.74) is -0.403. The fourth-order valence-electron chi connectivity index (χ4n) is 2.44. The molecule has 2 fully saturated rings. The molecule has 4 nitrogen and oxygen atoms in total. The first-order chi connectivity index (χ1) is 7.44. The number of likely N-dealkylation sites (tertiary alicyclic amines) is 1. The lowest BCUT2D eigenvalue weighted by Crippen LogP contribution is -2.50. The fraction of sp³-hybridized carbons (Fsp3) is 0.917. The Balaban J connectivity index is 1.92. The molecule has 2 heterocycles. The lowest BCUT2D eigenvalue weighted by Gasteiger charge is -2.41. The van der Waals surface area contributed by atoms with E-state index >= 15 is 0 Å². The van der Waals surface area contributed by atoms with Crippen molar-refractivity contribution in [2.75, 3.05) is 26.3 Å². The minimum Gasteiger partial charge on any atom is -0.444 e. The Morgan fingerprint density at radius 1 is 1.25 bits per heavy atom. The molecule has 4 heteroatoms. The van der Waals surface area contributed by atoms with E-state index in [-0.39, 0.29) is 6.09 Å². The van der Waals surface area contributed by atoms with Gasteiger partial charge in [0.25, 0.3) is 0 Å². The predicted molar refractivity (Wildman–Crippen MR) is 60.2 cm³/mol. The van der Waals surface area contributed by atoms with Crippen molar-refractivity contribution in [2.24, 2.45) is 11.8 Å². The van der Waals surface area contributed by atoms with Gasteiger partial charge in [0.1, 0.15) is 5.60 Å². The van der Waals surface area contributed by atoms with Gasteiger partial charge < -0.3 is 14.4 Å². The summed E-state index contributed by atoms with van der Waals surface area (Å²) < 4.78 is 10.9. The van der Waals surface area contributed by atoms with Gasteiger partial charge >= 0.3 is 6.09 Å². The Hall–Kier alpha value is -0.770. The van der Waals surface area contributed by atoms with Gasteiger partial charge in [-0.25, -0.2) is 4.79 Å². The third-order valence-corrected chi connectivity index (χ3v) is 2.98. The fourth-order valence-corrected chi connectivity index (χ4v) is 2.44. The van der Waals surface area contributed by atoms with Crippen molar-refractivity contribution in [3.8, 4) is 0 Å². The van der Waals surface area contributed by atoms with Gasteiger partial charge in [-0.05, 0) is 27.2 Å². The van der Waals surface area contributed by atoms with Crippen LogP contribution in [0.2, 0.25) is 0 Å². The van der Waals surface area contributed by atoms with Crippen LogP contribution in [-0.2, 0) is 9.47 Å². The van der Waals surface area contributed by atoms with E-state index in [2.05, 4.69) is 0 Å². The van der Waals surface area contributed by atoms with E-state index < -0.39 is 5.60 Å². The molecule has 2 aliphatic rings. The third-order valence-electron chi connectivity index (χ3n) is 2.98. The number of nitrogens with zero attached hydrogens (tertiary/aromatic N) is 1. The zero-order valence-electron chi connectivity index (χ0n) is 10.4. The molecule has 0 spiro atoms. The second kappa shape index (κ2) is 4.24. The van der Waals surface area contributed by atoms with Crippen LogP contribution in [0.4, 0.5) is 4.79 Å². The molecular weight excluding hydrogens is 206 g/mol. The van der Waals surface area contributed by atoms with E-state index in [0.717, 1.165) is 26.3 Å². The first kappa shape index (κ1) is 11.7. The van der Waals surface area contributed by atoms with E-state index in [9.17, 15) is 4.79 Å². The first-order valence-corrected chi connectivity index (χ1v) is 6.00. The van der Waals surface area contributed by atoms with Crippen LogP contribution in [0, 0.1) is 11.8 Å². The lowest BCUT2D eigenvalue weighted by molar-refractivity contribution is -0.0485. The summed E-state index contributed by atoms with van der Waals surface area (Å²) in [6, 6.07) is 0. The molecule has 2 bridgehead atoms. The summed E-state index contributed by atoms with van der Waals surface area (Å²) in [4.78, 5) is 13.7. The van der Waals surface area contributed by atoms with Crippen LogP contribution in [0.3, 0.4) is 0 Å². The highest BCUT2D eigenvalue weighted by Gasteiger charge is 2.35. The molecule has 0 aliphatic carbocycles. The zero-order valence-corrected chi connectivity index (χ0v) is 10.4. The van der Waals surface area contributed by atoms with Gasteiger partial charge in [0.05, 0.1) is 13.2 Å². The third kappa shape index (κ3) is 2.88. The number of amides is 1. The summed E-state index contributed by atoms with van der Waals surface area (Å²) in [6.07, 6.45) is 1.02. The number of fused-ring (bicyclic) bond motifs is 2. The molecular formula is C12H21NO3. The quantitative estimate of drug-likeness (QED) is 0.634. The Bertz CT molecular complexity index is 260. The van der Waals surface area contributed by atoms with Crippen molar-refractivity contribution in [3.05, 3.63) is 0 Å². The highest BCUT2D eigenvalue weighted by atomic mass is 16.6. The molecule has 2 saturated heterocycles. The highest BCUT2D eigenvalue weighted by molar-refractivity contribution is 5.68. The molecule has 0 aromatic carbocycles. The maximum atomic E-state index is 11.9. The zero-order chi connectivity index (χ0) is 11.8. The number of hydrogen-bond acceptors (Lipinski definition) is 3. The minimum atomic E-state index is -0.403. The Kier molecular flexibility index (Phi) is 3.10. The smallest absolute Gasteiger partial charge is 0.410 e. The second-order valence-corrected chi connectivity index (χ2v) is 5.89. The normalized spacial score (nSPS) is 30.1. The Morgan fingerprint density at radius 2 is 1.81 bits per heavy atom. The van der Waals surface area contributed by atoms with Crippen LogP contribution in [0.25, 0.3) is 0 Å². The molecule has 92 valence electrons. The number of carbonyl (C=O) groups excluding carboxylic acids is 1. The molecule has 2 atom stereocenters. The van der Waals surface area contributed by atoms with Gasteiger partial charge in [-0.2, -0.15) is 0 Å². The monoisotopic (exact) mass is 227 g/mol. The van der Waals surface area contributed by atoms with Gasteiger partial charge in [0.15, 0.2) is 0 Å². The van der Waals surface area contributed by atoms with E-state index in [1.54, 1.807) is 0 Å². The van der Waals surface area contributed by atoms with Crippen LogP contribution < -0.4 is 0 Å². The van der Waals surface area contributed by atoms with Gasteiger partial charge in [-0.15, -0.1) is 0 Å². The highest BCUT2D eigenvalue weighted by Crippen LogP contribution is 2.27. The molecule has 2 rings (SSSR count). The SMILES string of the molecule is CC(C)(C)OC(=O)N1CC2COCC(C2)C1. The minimum absolute atomic E-state index is 0.177. The van der Waals surface area contributed by atoms with Crippen molar-refractivity contribution >= 4 is 6.09 Å². The van der Waals surface area contributed by atoms with Gasteiger partial charge in [-0.3, -0.25) is 0 Å². The molecule has 2 aliphatic heterocycles. The number of rotatable bonds is 0. The predicted octanol–water partition coefficient (Wildman–Crippen LogP) is 1.89. The number of piperidine rings is 1. The molecule has 0 aromatic rings. The maximum absolute atomic E-state index is 11.9. The summed E-state index contributed by atoms with van der Waals surface area (Å²) >= 11 is 0. The standard InChI is InChI=1S/C12H21NO3/c1-12(2,3)16-11(14)13-5-9-4-10(6-13)8-15-7-9/h9-10H,4-8H2,1-3H3. The average molecular weight is 227 g/mol. The Labute approximate surface area is 96.9 Å². The summed E-state index contributed by atoms with van der Waals surface area (Å²) in [5.74, 6) is 1.00. The maximum Gasteiger partial charge on any atom is 0.410 e. The van der Waals surface area contributed by atoms with Crippen molar-refractivity contribution < 1.29 is 14.3 Å². The number of carbonyl (C=O) groups is 1. The second-order valence-electron chi connectivity index (χ2n) is 5.89. The van der Waals surface area contributed by atoms with Crippen LogP contribution >= 0.6 is 0 Å². The van der Waals surface area contributed by atoms with E-state index in [0.29, 0.717) is 11.8 Å². The molecule has 0 aromatic heterocycles. The van der Waals surface area contributed by atoms with E-state index in [4.69, 9.17) is 9.47 Å². The van der Waals surface area contributed by atoms with Crippen LogP contribution in [0.1, 0.15) is 27.2 Å². The number of hydrogen-bond donors (Lipinski definition) is 0. The number of ether oxygens (including phenoxy) is 2. The summed E-state index contributed by atoms with van der Waals surface area (Å²) in [6.45, 7) is 8.85. The lowest BCUT2D eigenvalue weighted by atomic mass is 9.88. The van der Waals surface area contributed by atoms with Crippen molar-refractivity contribution in [1.82, 2.24) is 4.90 Å². The average Bonchev–Trinajstić information content (AvgIpc) is 2.14. The molecule has 2 unspecified atom stereocenters. The van der Waals surface area contributed by atoms with Crippen LogP contribution in [0.5, 0.6) is 0 Å². The van der Waals surface area contributed by atoms with Gasteiger partial charge in [-0.1, -0.05) is 0 Å². The van der Waals surface area contributed by atoms with Crippen molar-refractivity contribution in [3.63, 3.8) is 0 Å². The molecule has 0 radical (unpaired) electrons. The molecule has 16 heavy (non-hydrogen) atoms. The Morgan fingerprint density at radius 3 is 2.31 bits per heavy atom. The van der Waals surface area contributed by atoms with Gasteiger partial charge in [0.2, 0.25) is 0 Å². The van der Waals surface area contributed by atoms with Crippen LogP contribution in [-0.4, -0.2) is 42.9 Å². The molecule has 0 saturated carbocycles. The molecule has 1 amide bonds. The van der Waals surface area contributed by atoms with Crippen molar-refractivity contribution in [2.45, 2.75) is 32.8 Å². The van der Waals surface area contributed by atoms with E-state index in [1.807, 2.05) is 25.7 Å². The summed E-state index contributed by atoms with van der Waals surface area (Å²) in [7, 11) is 0. The first-order valence-electron chi connectivity index (χ1n) is 6.00. The molecule has 0 N–H and O–H groups in total. The topological polar surface area (TPSA) is 38.8 Å².